The first kappa shape index (κ1) is 12.7. The Balaban J connectivity index is 2.16. The van der Waals surface area contributed by atoms with Crippen molar-refractivity contribution in [2.24, 2.45) is 0 Å². The van der Waals surface area contributed by atoms with Gasteiger partial charge in [0, 0.05) is 12.4 Å². The summed E-state index contributed by atoms with van der Waals surface area (Å²) in [6.45, 7) is 1.78. The lowest BCUT2D eigenvalue weighted by Gasteiger charge is -2.07. The van der Waals surface area contributed by atoms with Crippen molar-refractivity contribution in [3.8, 4) is 0 Å². The van der Waals surface area contributed by atoms with E-state index in [4.69, 9.17) is 5.11 Å². The molecular formula is C13H11N3O3. The van der Waals surface area contributed by atoms with Crippen LogP contribution in [0, 0.1) is 6.92 Å². The van der Waals surface area contributed by atoms with Crippen LogP contribution in [-0.4, -0.2) is 27.0 Å². The number of aromatic carboxylic acids is 1. The van der Waals surface area contributed by atoms with Crippen LogP contribution in [0.1, 0.15) is 26.5 Å². The summed E-state index contributed by atoms with van der Waals surface area (Å²) in [6, 6.07) is 6.15. The van der Waals surface area contributed by atoms with Crippen molar-refractivity contribution in [3.05, 3.63) is 53.6 Å². The maximum atomic E-state index is 11.9. The molecule has 0 aliphatic heterocycles. The Morgan fingerprint density at radius 2 is 2.00 bits per heavy atom. The molecule has 2 rings (SSSR count). The van der Waals surface area contributed by atoms with E-state index in [1.165, 1.54) is 18.3 Å². The number of amides is 1. The minimum Gasteiger partial charge on any atom is -0.477 e. The van der Waals surface area contributed by atoms with Gasteiger partial charge in [-0.2, -0.15) is 0 Å². The van der Waals surface area contributed by atoms with Gasteiger partial charge in [-0.1, -0.05) is 0 Å². The zero-order valence-electron chi connectivity index (χ0n) is 10.1. The van der Waals surface area contributed by atoms with Crippen molar-refractivity contribution >= 4 is 17.6 Å². The number of pyridine rings is 2. The first-order valence-electron chi connectivity index (χ1n) is 5.50. The molecule has 0 atom stereocenters. The first-order chi connectivity index (χ1) is 9.08. The highest BCUT2D eigenvalue weighted by molar-refractivity contribution is 6.04. The molecule has 2 N–H and O–H groups in total. The Morgan fingerprint density at radius 1 is 1.21 bits per heavy atom. The summed E-state index contributed by atoms with van der Waals surface area (Å²) in [5.74, 6) is -1.49. The number of carboxylic acids is 1. The highest BCUT2D eigenvalue weighted by Gasteiger charge is 2.10. The molecule has 19 heavy (non-hydrogen) atoms. The van der Waals surface area contributed by atoms with Gasteiger partial charge in [-0.3, -0.25) is 9.78 Å². The van der Waals surface area contributed by atoms with Crippen LogP contribution in [-0.2, 0) is 0 Å². The van der Waals surface area contributed by atoms with Gasteiger partial charge in [-0.05, 0) is 31.2 Å². The maximum absolute atomic E-state index is 11.9. The van der Waals surface area contributed by atoms with Gasteiger partial charge in [-0.25, -0.2) is 9.78 Å². The van der Waals surface area contributed by atoms with Crippen molar-refractivity contribution in [2.45, 2.75) is 6.92 Å². The second-order valence-electron chi connectivity index (χ2n) is 3.83. The molecule has 0 bridgehead atoms. The van der Waals surface area contributed by atoms with E-state index in [1.54, 1.807) is 25.3 Å². The molecule has 96 valence electrons. The average Bonchev–Trinajstić information content (AvgIpc) is 2.41. The monoisotopic (exact) mass is 257 g/mol. The number of aryl methyl sites for hydroxylation is 1. The smallest absolute Gasteiger partial charge is 0.354 e. The number of hydrogen-bond donors (Lipinski definition) is 2. The van der Waals surface area contributed by atoms with Gasteiger partial charge in [0.05, 0.1) is 16.9 Å². The molecule has 0 saturated heterocycles. The highest BCUT2D eigenvalue weighted by atomic mass is 16.4. The molecule has 2 heterocycles. The molecule has 0 radical (unpaired) electrons. The topological polar surface area (TPSA) is 92.2 Å². The summed E-state index contributed by atoms with van der Waals surface area (Å²) < 4.78 is 0. The number of nitrogens with one attached hydrogen (secondary N) is 1. The summed E-state index contributed by atoms with van der Waals surface area (Å²) in [4.78, 5) is 30.3. The largest absolute Gasteiger partial charge is 0.477 e. The van der Waals surface area contributed by atoms with Gasteiger partial charge < -0.3 is 10.4 Å². The number of aromatic nitrogens is 2. The van der Waals surface area contributed by atoms with E-state index in [0.717, 1.165) is 0 Å². The zero-order chi connectivity index (χ0) is 13.8. The summed E-state index contributed by atoms with van der Waals surface area (Å²) >= 11 is 0. The van der Waals surface area contributed by atoms with Crippen molar-refractivity contribution in [3.63, 3.8) is 0 Å². The number of hydrogen-bond acceptors (Lipinski definition) is 4. The lowest BCUT2D eigenvalue weighted by Crippen LogP contribution is -2.14. The third-order valence-electron chi connectivity index (χ3n) is 2.50. The molecule has 0 aromatic carbocycles. The van der Waals surface area contributed by atoms with Gasteiger partial charge >= 0.3 is 5.97 Å². The van der Waals surface area contributed by atoms with Gasteiger partial charge in [-0.15, -0.1) is 0 Å². The average molecular weight is 257 g/mol. The molecular weight excluding hydrogens is 246 g/mol. The van der Waals surface area contributed by atoms with Gasteiger partial charge in [0.2, 0.25) is 0 Å². The molecule has 2 aromatic rings. The second-order valence-corrected chi connectivity index (χ2v) is 3.83. The fourth-order valence-electron chi connectivity index (χ4n) is 1.47. The van der Waals surface area contributed by atoms with Crippen molar-refractivity contribution in [2.75, 3.05) is 5.32 Å². The first-order valence-corrected chi connectivity index (χ1v) is 5.50. The summed E-state index contributed by atoms with van der Waals surface area (Å²) in [6.07, 6.45) is 2.86. The van der Waals surface area contributed by atoms with Crippen LogP contribution in [0.2, 0.25) is 0 Å². The Hall–Kier alpha value is -2.76. The predicted octanol–water partition coefficient (Wildman–Crippen LogP) is 1.74. The Kier molecular flexibility index (Phi) is 3.51. The van der Waals surface area contributed by atoms with Crippen LogP contribution >= 0.6 is 0 Å². The molecule has 2 aromatic heterocycles. The summed E-state index contributed by atoms with van der Waals surface area (Å²) in [5, 5.41) is 11.4. The van der Waals surface area contributed by atoms with Gasteiger partial charge in [0.1, 0.15) is 5.69 Å². The fraction of sp³-hybridized carbons (Fsp3) is 0.0769. The van der Waals surface area contributed by atoms with Crippen LogP contribution in [0.4, 0.5) is 5.69 Å². The van der Waals surface area contributed by atoms with E-state index in [0.29, 0.717) is 11.4 Å². The standard InChI is InChI=1S/C13H11N3O3/c1-8-10(3-2-6-14-8)16-12(17)9-4-5-11(13(18)19)15-7-9/h2-7H,1H3,(H,16,17)(H,18,19). The van der Waals surface area contributed by atoms with E-state index < -0.39 is 5.97 Å². The third-order valence-corrected chi connectivity index (χ3v) is 2.50. The Morgan fingerprint density at radius 3 is 2.58 bits per heavy atom. The molecule has 0 unspecified atom stereocenters. The number of carbonyl (C=O) groups excluding carboxylic acids is 1. The van der Waals surface area contributed by atoms with Gasteiger partial charge in [0.25, 0.3) is 5.91 Å². The number of carboxylic acid groups (broad SMARTS) is 1. The summed E-state index contributed by atoms with van der Waals surface area (Å²) in [5.41, 5.74) is 1.49. The molecule has 0 aliphatic rings. The van der Waals surface area contributed by atoms with Crippen LogP contribution in [0.25, 0.3) is 0 Å². The minimum atomic E-state index is -1.13. The lowest BCUT2D eigenvalue weighted by atomic mass is 10.2. The van der Waals surface area contributed by atoms with Gasteiger partial charge in [0.15, 0.2) is 0 Å². The molecule has 0 aliphatic carbocycles. The number of rotatable bonds is 3. The van der Waals surface area contributed by atoms with Crippen molar-refractivity contribution < 1.29 is 14.7 Å². The number of nitrogens with zero attached hydrogens (tertiary/aromatic N) is 2. The number of anilines is 1. The van der Waals surface area contributed by atoms with E-state index in [-0.39, 0.29) is 17.2 Å². The van der Waals surface area contributed by atoms with Crippen LogP contribution in [0.5, 0.6) is 0 Å². The molecule has 6 nitrogen and oxygen atoms in total. The van der Waals surface area contributed by atoms with Crippen LogP contribution in [0.15, 0.2) is 36.7 Å². The second kappa shape index (κ2) is 5.26. The molecule has 0 saturated carbocycles. The highest BCUT2D eigenvalue weighted by Crippen LogP contribution is 2.12. The fourth-order valence-corrected chi connectivity index (χ4v) is 1.47. The van der Waals surface area contributed by atoms with Crippen LogP contribution < -0.4 is 5.32 Å². The normalized spacial score (nSPS) is 9.95. The SMILES string of the molecule is Cc1ncccc1NC(=O)c1ccc(C(=O)O)nc1. The van der Waals surface area contributed by atoms with E-state index >= 15 is 0 Å². The Bertz CT molecular complexity index is 623. The Labute approximate surface area is 109 Å². The third kappa shape index (κ3) is 2.92. The molecule has 1 amide bonds. The quantitative estimate of drug-likeness (QED) is 0.873. The van der Waals surface area contributed by atoms with Crippen molar-refractivity contribution in [1.29, 1.82) is 0 Å². The predicted molar refractivity (Wildman–Crippen MR) is 68.1 cm³/mol. The van der Waals surface area contributed by atoms with Crippen LogP contribution in [0.3, 0.4) is 0 Å². The van der Waals surface area contributed by atoms with E-state index in [9.17, 15) is 9.59 Å². The maximum Gasteiger partial charge on any atom is 0.354 e. The summed E-state index contributed by atoms with van der Waals surface area (Å²) in [7, 11) is 0. The minimum absolute atomic E-state index is 0.103. The number of carbonyl (C=O) groups is 2. The molecule has 0 spiro atoms. The molecule has 6 heteroatoms. The molecule has 0 fully saturated rings. The zero-order valence-corrected chi connectivity index (χ0v) is 10.1. The van der Waals surface area contributed by atoms with E-state index in [1.807, 2.05) is 0 Å². The van der Waals surface area contributed by atoms with E-state index in [2.05, 4.69) is 15.3 Å². The van der Waals surface area contributed by atoms with Crippen molar-refractivity contribution in [1.82, 2.24) is 9.97 Å². The lowest BCUT2D eigenvalue weighted by molar-refractivity contribution is 0.0690.